The third-order valence-corrected chi connectivity index (χ3v) is 3.31. The van der Waals surface area contributed by atoms with Crippen LogP contribution in [-0.2, 0) is 0 Å². The largest absolute Gasteiger partial charge is 0.399 e. The summed E-state index contributed by atoms with van der Waals surface area (Å²) in [7, 11) is 1.76. The molecule has 0 atom stereocenters. The fourth-order valence-electron chi connectivity index (χ4n) is 2.34. The van der Waals surface area contributed by atoms with Crippen LogP contribution in [0.1, 0.15) is 23.2 Å². The number of benzene rings is 1. The van der Waals surface area contributed by atoms with Gasteiger partial charge in [0, 0.05) is 30.5 Å². The highest BCUT2D eigenvalue weighted by molar-refractivity contribution is 5.96. The van der Waals surface area contributed by atoms with Crippen molar-refractivity contribution in [2.45, 2.75) is 18.9 Å². The molecule has 98 valence electrons. The van der Waals surface area contributed by atoms with Gasteiger partial charge in [0.15, 0.2) is 0 Å². The second kappa shape index (κ2) is 4.86. The van der Waals surface area contributed by atoms with Crippen LogP contribution >= 0.6 is 0 Å². The molecule has 1 fully saturated rings. The summed E-state index contributed by atoms with van der Waals surface area (Å²) in [6.45, 7) is 0.657. The maximum atomic E-state index is 12.2. The third kappa shape index (κ3) is 2.73. The van der Waals surface area contributed by atoms with Crippen LogP contribution in [0, 0.1) is 5.92 Å². The van der Waals surface area contributed by atoms with E-state index in [1.165, 1.54) is 0 Å². The van der Waals surface area contributed by atoms with Gasteiger partial charge < -0.3 is 21.5 Å². The lowest BCUT2D eigenvalue weighted by Crippen LogP contribution is -2.39. The average molecular weight is 249 g/mol. The van der Waals surface area contributed by atoms with Gasteiger partial charge >= 0.3 is 0 Å². The van der Waals surface area contributed by atoms with E-state index in [4.69, 9.17) is 11.5 Å². The predicted octanol–water partition coefficient (Wildman–Crippen LogP) is 0.694. The highest BCUT2D eigenvalue weighted by Gasteiger charge is 2.29. The van der Waals surface area contributed by atoms with Crippen LogP contribution in [0.4, 0.5) is 11.4 Å². The molecule has 5 N–H and O–H groups in total. The molecule has 5 heteroatoms. The van der Waals surface area contributed by atoms with Crippen LogP contribution < -0.4 is 11.5 Å². The zero-order valence-electron chi connectivity index (χ0n) is 10.5. The average Bonchev–Trinajstić information content (AvgIpc) is 2.24. The van der Waals surface area contributed by atoms with Gasteiger partial charge in [-0.05, 0) is 37.0 Å². The molecule has 0 aliphatic heterocycles. The topological polar surface area (TPSA) is 92.6 Å². The highest BCUT2D eigenvalue weighted by atomic mass is 16.3. The van der Waals surface area contributed by atoms with Gasteiger partial charge in [-0.3, -0.25) is 4.79 Å². The van der Waals surface area contributed by atoms with Crippen molar-refractivity contribution in [2.24, 2.45) is 5.92 Å². The summed E-state index contributed by atoms with van der Waals surface area (Å²) in [6, 6.07) is 4.88. The molecule has 1 aliphatic carbocycles. The smallest absolute Gasteiger partial charge is 0.253 e. The molecule has 0 unspecified atom stereocenters. The van der Waals surface area contributed by atoms with Crippen LogP contribution in [0.15, 0.2) is 18.2 Å². The zero-order chi connectivity index (χ0) is 13.3. The van der Waals surface area contributed by atoms with Crippen LogP contribution in [0.25, 0.3) is 0 Å². The second-order valence-corrected chi connectivity index (χ2v) is 5.07. The van der Waals surface area contributed by atoms with E-state index in [2.05, 4.69) is 0 Å². The molecule has 1 aromatic carbocycles. The lowest BCUT2D eigenvalue weighted by molar-refractivity contribution is 0.0265. The Hall–Kier alpha value is -1.75. The minimum atomic E-state index is -0.193. The van der Waals surface area contributed by atoms with Gasteiger partial charge in [-0.1, -0.05) is 0 Å². The Kier molecular flexibility index (Phi) is 3.43. The Balaban J connectivity index is 2.01. The van der Waals surface area contributed by atoms with Gasteiger partial charge in [-0.15, -0.1) is 0 Å². The Bertz CT molecular complexity index is 435. The number of carbonyl (C=O) groups is 1. The molecule has 1 amide bonds. The van der Waals surface area contributed by atoms with E-state index in [0.29, 0.717) is 29.4 Å². The molecule has 0 aromatic heterocycles. The summed E-state index contributed by atoms with van der Waals surface area (Å²) < 4.78 is 0. The number of hydrogen-bond donors (Lipinski definition) is 3. The highest BCUT2D eigenvalue weighted by Crippen LogP contribution is 2.28. The Morgan fingerprint density at radius 1 is 1.33 bits per heavy atom. The van der Waals surface area contributed by atoms with Gasteiger partial charge in [0.1, 0.15) is 0 Å². The van der Waals surface area contributed by atoms with E-state index >= 15 is 0 Å². The maximum Gasteiger partial charge on any atom is 0.253 e. The number of hydrogen-bond acceptors (Lipinski definition) is 4. The normalized spacial score (nSPS) is 22.3. The third-order valence-electron chi connectivity index (χ3n) is 3.31. The Morgan fingerprint density at radius 3 is 2.39 bits per heavy atom. The Morgan fingerprint density at radius 2 is 1.89 bits per heavy atom. The van der Waals surface area contributed by atoms with E-state index in [0.717, 1.165) is 12.8 Å². The summed E-state index contributed by atoms with van der Waals surface area (Å²) in [6.07, 6.45) is 1.36. The number of rotatable bonds is 3. The monoisotopic (exact) mass is 249 g/mol. The lowest BCUT2D eigenvalue weighted by Gasteiger charge is -2.34. The summed E-state index contributed by atoms with van der Waals surface area (Å²) in [5, 5.41) is 9.22. The first-order valence-corrected chi connectivity index (χ1v) is 6.05. The molecule has 5 nitrogen and oxygen atoms in total. The number of nitrogens with two attached hydrogens (primary N) is 2. The van der Waals surface area contributed by atoms with Gasteiger partial charge in [-0.25, -0.2) is 0 Å². The molecule has 1 aliphatic rings. The van der Waals surface area contributed by atoms with E-state index < -0.39 is 0 Å². The van der Waals surface area contributed by atoms with Crippen LogP contribution in [0.3, 0.4) is 0 Å². The van der Waals surface area contributed by atoms with E-state index in [1.54, 1.807) is 30.1 Å². The van der Waals surface area contributed by atoms with Gasteiger partial charge in [0.05, 0.1) is 6.10 Å². The minimum absolute atomic E-state index is 0.0876. The van der Waals surface area contributed by atoms with Gasteiger partial charge in [0.25, 0.3) is 5.91 Å². The number of nitrogen functional groups attached to an aromatic ring is 2. The predicted molar refractivity (Wildman–Crippen MR) is 71.0 cm³/mol. The summed E-state index contributed by atoms with van der Waals surface area (Å²) in [5.41, 5.74) is 12.8. The summed E-state index contributed by atoms with van der Waals surface area (Å²) >= 11 is 0. The zero-order valence-corrected chi connectivity index (χ0v) is 10.5. The van der Waals surface area contributed by atoms with Gasteiger partial charge in [0.2, 0.25) is 0 Å². The van der Waals surface area contributed by atoms with Crippen LogP contribution in [0.5, 0.6) is 0 Å². The van der Waals surface area contributed by atoms with Crippen molar-refractivity contribution in [3.63, 3.8) is 0 Å². The summed E-state index contributed by atoms with van der Waals surface area (Å²) in [4.78, 5) is 13.8. The molecule has 0 radical (unpaired) electrons. The molecule has 1 aromatic rings. The molecule has 0 spiro atoms. The van der Waals surface area contributed by atoms with Crippen molar-refractivity contribution in [3.8, 4) is 0 Å². The van der Waals surface area contributed by atoms with E-state index in [1.807, 2.05) is 0 Å². The fraction of sp³-hybridized carbons (Fsp3) is 0.462. The number of carbonyl (C=O) groups excluding carboxylic acids is 1. The standard InChI is InChI=1S/C13H19N3O2/c1-16(7-8-2-12(17)3-8)13(18)9-4-10(14)6-11(15)5-9/h4-6,8,12,17H,2-3,7,14-15H2,1H3. The SMILES string of the molecule is CN(CC1CC(O)C1)C(=O)c1cc(N)cc(N)c1. The van der Waals surface area contributed by atoms with Gasteiger partial charge in [-0.2, -0.15) is 0 Å². The van der Waals surface area contributed by atoms with Crippen molar-refractivity contribution in [1.29, 1.82) is 0 Å². The first-order valence-electron chi connectivity index (χ1n) is 6.05. The number of aliphatic hydroxyl groups excluding tert-OH is 1. The van der Waals surface area contributed by atoms with Crippen molar-refractivity contribution in [3.05, 3.63) is 23.8 Å². The molecule has 1 saturated carbocycles. The van der Waals surface area contributed by atoms with Crippen LogP contribution in [-0.4, -0.2) is 35.6 Å². The van der Waals surface area contributed by atoms with Crippen molar-refractivity contribution in [2.75, 3.05) is 25.1 Å². The number of aliphatic hydroxyl groups is 1. The number of amides is 1. The second-order valence-electron chi connectivity index (χ2n) is 5.07. The Labute approximate surface area is 106 Å². The van der Waals surface area contributed by atoms with Crippen molar-refractivity contribution >= 4 is 17.3 Å². The summed E-state index contributed by atoms with van der Waals surface area (Å²) in [5.74, 6) is 0.308. The van der Waals surface area contributed by atoms with Crippen LogP contribution in [0.2, 0.25) is 0 Å². The molecule has 0 saturated heterocycles. The molecular formula is C13H19N3O2. The number of nitrogens with zero attached hydrogens (tertiary/aromatic N) is 1. The minimum Gasteiger partial charge on any atom is -0.399 e. The molecule has 0 bridgehead atoms. The number of anilines is 2. The van der Waals surface area contributed by atoms with E-state index in [-0.39, 0.29) is 12.0 Å². The van der Waals surface area contributed by atoms with Crippen molar-refractivity contribution in [1.82, 2.24) is 4.90 Å². The first kappa shape index (κ1) is 12.7. The first-order chi connectivity index (χ1) is 8.45. The lowest BCUT2D eigenvalue weighted by atomic mass is 9.82. The molecule has 18 heavy (non-hydrogen) atoms. The fourth-order valence-corrected chi connectivity index (χ4v) is 2.34. The van der Waals surface area contributed by atoms with E-state index in [9.17, 15) is 9.90 Å². The molecule has 0 heterocycles. The molecule has 2 rings (SSSR count). The maximum absolute atomic E-state index is 12.2. The molecular weight excluding hydrogens is 230 g/mol. The van der Waals surface area contributed by atoms with Crippen molar-refractivity contribution < 1.29 is 9.90 Å². The quantitative estimate of drug-likeness (QED) is 0.687.